The van der Waals surface area contributed by atoms with E-state index in [0.29, 0.717) is 0 Å². The summed E-state index contributed by atoms with van der Waals surface area (Å²) < 4.78 is 0. The molecule has 0 fully saturated rings. The van der Waals surface area contributed by atoms with Crippen LogP contribution < -0.4 is 5.32 Å². The highest BCUT2D eigenvalue weighted by Gasteiger charge is 2.34. The summed E-state index contributed by atoms with van der Waals surface area (Å²) in [5.41, 5.74) is 3.78. The SMILES string of the molecule is Cc1cccc(C(=O)N[C@H](c2ccccc2)C(C)(C)N(C)C)c1C. The number of amides is 1. The second-order valence-corrected chi connectivity index (χ2v) is 7.11. The van der Waals surface area contributed by atoms with E-state index in [-0.39, 0.29) is 17.5 Å². The molecule has 24 heavy (non-hydrogen) atoms. The molecule has 2 rings (SSSR count). The molecule has 0 heterocycles. The van der Waals surface area contributed by atoms with E-state index in [9.17, 15) is 4.79 Å². The van der Waals surface area contributed by atoms with Crippen LogP contribution in [0, 0.1) is 13.8 Å². The molecule has 0 bridgehead atoms. The van der Waals surface area contributed by atoms with Gasteiger partial charge in [-0.05, 0) is 64.5 Å². The molecule has 0 aliphatic rings. The van der Waals surface area contributed by atoms with E-state index in [1.165, 1.54) is 0 Å². The lowest BCUT2D eigenvalue weighted by Crippen LogP contribution is -2.50. The van der Waals surface area contributed by atoms with Gasteiger partial charge in [-0.25, -0.2) is 0 Å². The van der Waals surface area contributed by atoms with E-state index in [4.69, 9.17) is 0 Å². The highest BCUT2D eigenvalue weighted by Crippen LogP contribution is 2.30. The molecule has 0 radical (unpaired) electrons. The zero-order chi connectivity index (χ0) is 17.9. The summed E-state index contributed by atoms with van der Waals surface area (Å²) in [5.74, 6) is -0.0278. The first kappa shape index (κ1) is 18.2. The van der Waals surface area contributed by atoms with E-state index in [1.807, 2.05) is 64.3 Å². The molecular formula is C21H28N2O. The Labute approximate surface area is 145 Å². The maximum atomic E-state index is 12.9. The average Bonchev–Trinajstić information content (AvgIpc) is 2.55. The highest BCUT2D eigenvalue weighted by atomic mass is 16.1. The number of nitrogens with zero attached hydrogens (tertiary/aromatic N) is 1. The van der Waals surface area contributed by atoms with Crippen molar-refractivity contribution >= 4 is 5.91 Å². The van der Waals surface area contributed by atoms with Gasteiger partial charge in [0.15, 0.2) is 0 Å². The van der Waals surface area contributed by atoms with Crippen molar-refractivity contribution in [3.05, 3.63) is 70.8 Å². The van der Waals surface area contributed by atoms with Crippen LogP contribution in [-0.2, 0) is 0 Å². The van der Waals surface area contributed by atoms with Gasteiger partial charge in [-0.2, -0.15) is 0 Å². The molecule has 2 aromatic rings. The molecule has 1 N–H and O–H groups in total. The van der Waals surface area contributed by atoms with Gasteiger partial charge in [-0.15, -0.1) is 0 Å². The van der Waals surface area contributed by atoms with Crippen LogP contribution in [0.15, 0.2) is 48.5 Å². The van der Waals surface area contributed by atoms with Gasteiger partial charge in [-0.1, -0.05) is 42.5 Å². The number of nitrogens with one attached hydrogen (secondary N) is 1. The molecular weight excluding hydrogens is 296 g/mol. The molecule has 0 saturated carbocycles. The zero-order valence-electron chi connectivity index (χ0n) is 15.6. The summed E-state index contributed by atoms with van der Waals surface area (Å²) in [6.07, 6.45) is 0. The van der Waals surface area contributed by atoms with Crippen molar-refractivity contribution in [3.63, 3.8) is 0 Å². The van der Waals surface area contributed by atoms with Crippen molar-refractivity contribution in [1.82, 2.24) is 10.2 Å². The first-order chi connectivity index (χ1) is 11.2. The van der Waals surface area contributed by atoms with Gasteiger partial charge in [0.25, 0.3) is 5.91 Å². The Morgan fingerprint density at radius 2 is 1.62 bits per heavy atom. The normalized spacial score (nSPS) is 13.0. The Hall–Kier alpha value is -2.13. The number of benzene rings is 2. The van der Waals surface area contributed by atoms with Crippen LogP contribution in [-0.4, -0.2) is 30.4 Å². The summed E-state index contributed by atoms with van der Waals surface area (Å²) in [5, 5.41) is 3.26. The van der Waals surface area contributed by atoms with Gasteiger partial charge in [0.2, 0.25) is 0 Å². The van der Waals surface area contributed by atoms with Crippen LogP contribution in [0.2, 0.25) is 0 Å². The van der Waals surface area contributed by atoms with E-state index in [0.717, 1.165) is 22.3 Å². The van der Waals surface area contributed by atoms with Gasteiger partial charge in [0.1, 0.15) is 0 Å². The number of hydrogen-bond acceptors (Lipinski definition) is 2. The highest BCUT2D eigenvalue weighted by molar-refractivity contribution is 5.96. The summed E-state index contributed by atoms with van der Waals surface area (Å²) in [6, 6.07) is 15.9. The molecule has 0 saturated heterocycles. The Kier molecular flexibility index (Phi) is 5.45. The van der Waals surface area contributed by atoms with Gasteiger partial charge in [0, 0.05) is 11.1 Å². The van der Waals surface area contributed by atoms with Crippen LogP contribution in [0.4, 0.5) is 0 Å². The maximum Gasteiger partial charge on any atom is 0.252 e. The monoisotopic (exact) mass is 324 g/mol. The van der Waals surface area contributed by atoms with Gasteiger partial charge in [-0.3, -0.25) is 4.79 Å². The van der Waals surface area contributed by atoms with Crippen molar-refractivity contribution in [1.29, 1.82) is 0 Å². The average molecular weight is 324 g/mol. The minimum absolute atomic E-state index is 0.0278. The smallest absolute Gasteiger partial charge is 0.252 e. The molecule has 1 atom stereocenters. The number of aryl methyl sites for hydroxylation is 1. The Morgan fingerprint density at radius 1 is 1.00 bits per heavy atom. The molecule has 128 valence electrons. The molecule has 1 amide bonds. The standard InChI is InChI=1S/C21H28N2O/c1-15-11-10-14-18(16(15)2)20(24)22-19(21(3,4)23(5)6)17-12-8-7-9-13-17/h7-14,19H,1-6H3,(H,22,24)/t19-/m1/s1. The van der Waals surface area contributed by atoms with E-state index >= 15 is 0 Å². The topological polar surface area (TPSA) is 32.3 Å². The lowest BCUT2D eigenvalue weighted by atomic mass is 9.87. The summed E-state index contributed by atoms with van der Waals surface area (Å²) in [7, 11) is 4.08. The number of hydrogen-bond donors (Lipinski definition) is 1. The molecule has 0 aromatic heterocycles. The third-order valence-corrected chi connectivity index (χ3v) is 5.12. The molecule has 3 heteroatoms. The minimum Gasteiger partial charge on any atom is -0.343 e. The molecule has 0 aliphatic carbocycles. The van der Waals surface area contributed by atoms with Gasteiger partial charge < -0.3 is 10.2 Å². The van der Waals surface area contributed by atoms with Crippen LogP contribution >= 0.6 is 0 Å². The van der Waals surface area contributed by atoms with Crippen LogP contribution in [0.1, 0.15) is 46.9 Å². The molecule has 0 aliphatic heterocycles. The number of carbonyl (C=O) groups excluding carboxylic acids is 1. The van der Waals surface area contributed by atoms with Crippen molar-refractivity contribution in [2.45, 2.75) is 39.3 Å². The second kappa shape index (κ2) is 7.18. The Bertz CT molecular complexity index is 705. The fourth-order valence-corrected chi connectivity index (χ4v) is 2.78. The third-order valence-electron chi connectivity index (χ3n) is 5.12. The minimum atomic E-state index is -0.227. The molecule has 3 nitrogen and oxygen atoms in total. The van der Waals surface area contributed by atoms with Gasteiger partial charge >= 0.3 is 0 Å². The van der Waals surface area contributed by atoms with E-state index < -0.39 is 0 Å². The molecule has 0 spiro atoms. The summed E-state index contributed by atoms with van der Waals surface area (Å²) in [6.45, 7) is 8.32. The molecule has 2 aromatic carbocycles. The van der Waals surface area contributed by atoms with Crippen LogP contribution in [0.25, 0.3) is 0 Å². The van der Waals surface area contributed by atoms with E-state index in [2.05, 4.69) is 36.2 Å². The van der Waals surface area contributed by atoms with Crippen molar-refractivity contribution in [2.24, 2.45) is 0 Å². The Balaban J connectivity index is 2.39. The fourth-order valence-electron chi connectivity index (χ4n) is 2.78. The molecule has 0 unspecified atom stereocenters. The first-order valence-electron chi connectivity index (χ1n) is 8.34. The third kappa shape index (κ3) is 3.68. The number of likely N-dealkylation sites (N-methyl/N-ethyl adjacent to an activating group) is 1. The predicted octanol–water partition coefficient (Wildman–Crippen LogP) is 4.11. The second-order valence-electron chi connectivity index (χ2n) is 7.11. The summed E-state index contributed by atoms with van der Waals surface area (Å²) in [4.78, 5) is 15.1. The summed E-state index contributed by atoms with van der Waals surface area (Å²) >= 11 is 0. The van der Waals surface area contributed by atoms with Crippen molar-refractivity contribution < 1.29 is 4.79 Å². The fraction of sp³-hybridized carbons (Fsp3) is 0.381. The lowest BCUT2D eigenvalue weighted by Gasteiger charge is -2.41. The largest absolute Gasteiger partial charge is 0.343 e. The van der Waals surface area contributed by atoms with Crippen molar-refractivity contribution in [2.75, 3.05) is 14.1 Å². The quantitative estimate of drug-likeness (QED) is 0.897. The van der Waals surface area contributed by atoms with Crippen LogP contribution in [0.3, 0.4) is 0 Å². The first-order valence-corrected chi connectivity index (χ1v) is 8.34. The van der Waals surface area contributed by atoms with Gasteiger partial charge in [0.05, 0.1) is 6.04 Å². The van der Waals surface area contributed by atoms with Crippen molar-refractivity contribution in [3.8, 4) is 0 Å². The predicted molar refractivity (Wildman–Crippen MR) is 100 cm³/mol. The number of carbonyl (C=O) groups is 1. The Morgan fingerprint density at radius 3 is 2.21 bits per heavy atom. The number of rotatable bonds is 5. The maximum absolute atomic E-state index is 12.9. The lowest BCUT2D eigenvalue weighted by molar-refractivity contribution is 0.0839. The van der Waals surface area contributed by atoms with Crippen LogP contribution in [0.5, 0.6) is 0 Å². The zero-order valence-corrected chi connectivity index (χ0v) is 15.6. The van der Waals surface area contributed by atoms with E-state index in [1.54, 1.807) is 0 Å².